The van der Waals surface area contributed by atoms with Gasteiger partial charge in [-0.2, -0.15) is 0 Å². The van der Waals surface area contributed by atoms with E-state index in [1.54, 1.807) is 19.0 Å². The number of hydrogen-bond donors (Lipinski definition) is 1. The van der Waals surface area contributed by atoms with Crippen LogP contribution < -0.4 is 5.73 Å². The molecule has 1 amide bonds. The van der Waals surface area contributed by atoms with Crippen LogP contribution in [0, 0.1) is 0 Å². The Hall–Kier alpha value is -1.94. The van der Waals surface area contributed by atoms with Gasteiger partial charge in [0.1, 0.15) is 0 Å². The van der Waals surface area contributed by atoms with Crippen LogP contribution in [0.4, 0.5) is 5.69 Å². The van der Waals surface area contributed by atoms with Gasteiger partial charge in [0.2, 0.25) is 0 Å². The summed E-state index contributed by atoms with van der Waals surface area (Å²) in [6.45, 7) is 2.10. The molecule has 0 aromatic heterocycles. The van der Waals surface area contributed by atoms with E-state index < -0.39 is 0 Å². The molecule has 0 bridgehead atoms. The third-order valence-corrected chi connectivity index (χ3v) is 4.39. The van der Waals surface area contributed by atoms with Crippen molar-refractivity contribution < 1.29 is 4.79 Å². The van der Waals surface area contributed by atoms with Gasteiger partial charge < -0.3 is 10.6 Å². The van der Waals surface area contributed by atoms with Crippen LogP contribution in [0.15, 0.2) is 52.3 Å². The number of aryl methyl sites for hydroxylation is 1. The second-order valence-corrected chi connectivity index (χ2v) is 6.11. The van der Waals surface area contributed by atoms with E-state index >= 15 is 0 Å². The van der Waals surface area contributed by atoms with Gasteiger partial charge in [0.05, 0.1) is 5.56 Å². The van der Waals surface area contributed by atoms with Crippen LogP contribution in [0.25, 0.3) is 0 Å². The maximum Gasteiger partial charge on any atom is 0.254 e. The molecule has 110 valence electrons. The van der Waals surface area contributed by atoms with E-state index in [9.17, 15) is 4.79 Å². The smallest absolute Gasteiger partial charge is 0.254 e. The molecule has 0 atom stereocenters. The lowest BCUT2D eigenvalue weighted by Crippen LogP contribution is -2.22. The number of nitrogens with zero attached hydrogens (tertiary/aromatic N) is 1. The first-order valence-electron chi connectivity index (χ1n) is 6.90. The van der Waals surface area contributed by atoms with Gasteiger partial charge in [-0.1, -0.05) is 36.9 Å². The predicted octanol–water partition coefficient (Wildman–Crippen LogP) is 3.68. The molecule has 0 saturated carbocycles. The number of nitrogens with two attached hydrogens (primary N) is 1. The van der Waals surface area contributed by atoms with Crippen molar-refractivity contribution in [1.82, 2.24) is 4.90 Å². The molecule has 2 rings (SSSR count). The van der Waals surface area contributed by atoms with Gasteiger partial charge in [-0.15, -0.1) is 0 Å². The molecule has 0 aliphatic heterocycles. The van der Waals surface area contributed by atoms with Crippen LogP contribution in [0.5, 0.6) is 0 Å². The minimum atomic E-state index is 0.00171. The summed E-state index contributed by atoms with van der Waals surface area (Å²) in [5.74, 6) is 0.00171. The Balaban J connectivity index is 2.34. The summed E-state index contributed by atoms with van der Waals surface area (Å²) in [7, 11) is 3.52. The van der Waals surface area contributed by atoms with Crippen molar-refractivity contribution >= 4 is 23.4 Å². The SMILES string of the molecule is CCc1ccc(Sc2ccccc2C(=O)N(C)C)c(N)c1. The van der Waals surface area contributed by atoms with Crippen molar-refractivity contribution in [1.29, 1.82) is 0 Å². The first kappa shape index (κ1) is 15.4. The normalized spacial score (nSPS) is 10.4. The molecule has 0 aliphatic carbocycles. The molecule has 2 N–H and O–H groups in total. The molecule has 0 unspecified atom stereocenters. The van der Waals surface area contributed by atoms with E-state index in [1.165, 1.54) is 17.3 Å². The van der Waals surface area contributed by atoms with Crippen LogP contribution in [-0.2, 0) is 6.42 Å². The summed E-state index contributed by atoms with van der Waals surface area (Å²) < 4.78 is 0. The summed E-state index contributed by atoms with van der Waals surface area (Å²) in [5.41, 5.74) is 8.79. The number of hydrogen-bond acceptors (Lipinski definition) is 3. The third-order valence-electron chi connectivity index (χ3n) is 3.23. The van der Waals surface area contributed by atoms with E-state index in [0.29, 0.717) is 5.56 Å². The second kappa shape index (κ2) is 6.68. The fraction of sp³-hybridized carbons (Fsp3) is 0.235. The number of anilines is 1. The molecular weight excluding hydrogens is 280 g/mol. The standard InChI is InChI=1S/C17H20N2OS/c1-4-12-9-10-16(14(18)11-12)21-15-8-6-5-7-13(15)17(20)19(2)3/h5-11H,4,18H2,1-3H3. The minimum absolute atomic E-state index is 0.00171. The zero-order valence-corrected chi connectivity index (χ0v) is 13.4. The largest absolute Gasteiger partial charge is 0.398 e. The van der Waals surface area contributed by atoms with Crippen molar-refractivity contribution in [2.75, 3.05) is 19.8 Å². The van der Waals surface area contributed by atoms with E-state index in [2.05, 4.69) is 13.0 Å². The fourth-order valence-corrected chi connectivity index (χ4v) is 2.96. The van der Waals surface area contributed by atoms with Gasteiger partial charge in [0.15, 0.2) is 0 Å². The minimum Gasteiger partial charge on any atom is -0.398 e. The van der Waals surface area contributed by atoms with Crippen LogP contribution in [0.1, 0.15) is 22.8 Å². The Kier molecular flexibility index (Phi) is 4.91. The van der Waals surface area contributed by atoms with E-state index in [1.807, 2.05) is 36.4 Å². The summed E-state index contributed by atoms with van der Waals surface area (Å²) in [6, 6.07) is 13.7. The molecule has 4 heteroatoms. The van der Waals surface area contributed by atoms with Gasteiger partial charge in [-0.25, -0.2) is 0 Å². The number of carbonyl (C=O) groups is 1. The zero-order valence-electron chi connectivity index (χ0n) is 12.6. The summed E-state index contributed by atoms with van der Waals surface area (Å²) >= 11 is 1.53. The van der Waals surface area contributed by atoms with E-state index in [4.69, 9.17) is 5.73 Å². The fourth-order valence-electron chi connectivity index (χ4n) is 2.00. The number of carbonyl (C=O) groups excluding carboxylic acids is 1. The highest BCUT2D eigenvalue weighted by atomic mass is 32.2. The third kappa shape index (κ3) is 3.58. The Morgan fingerprint density at radius 2 is 1.86 bits per heavy atom. The molecule has 0 saturated heterocycles. The van der Waals surface area contributed by atoms with Crippen LogP contribution >= 0.6 is 11.8 Å². The predicted molar refractivity (Wildman–Crippen MR) is 88.8 cm³/mol. The first-order chi connectivity index (χ1) is 10.0. The number of amides is 1. The lowest BCUT2D eigenvalue weighted by atomic mass is 10.1. The highest BCUT2D eigenvalue weighted by molar-refractivity contribution is 7.99. The second-order valence-electron chi connectivity index (χ2n) is 5.02. The Labute approximate surface area is 130 Å². The van der Waals surface area contributed by atoms with Gasteiger partial charge in [-0.05, 0) is 36.2 Å². The molecule has 0 heterocycles. The average molecular weight is 300 g/mol. The Bertz CT molecular complexity index is 653. The zero-order chi connectivity index (χ0) is 15.4. The Morgan fingerprint density at radius 1 is 1.14 bits per heavy atom. The maximum absolute atomic E-state index is 12.2. The molecule has 0 spiro atoms. The average Bonchev–Trinajstić information content (AvgIpc) is 2.49. The molecule has 0 radical (unpaired) electrons. The maximum atomic E-state index is 12.2. The van der Waals surface area contributed by atoms with Gasteiger partial charge in [0, 0.05) is 29.6 Å². The highest BCUT2D eigenvalue weighted by Gasteiger charge is 2.14. The van der Waals surface area contributed by atoms with E-state index in [0.717, 1.165) is 21.9 Å². The van der Waals surface area contributed by atoms with E-state index in [-0.39, 0.29) is 5.91 Å². The van der Waals surface area contributed by atoms with Crippen LogP contribution in [0.2, 0.25) is 0 Å². The quantitative estimate of drug-likeness (QED) is 0.876. The number of rotatable bonds is 4. The van der Waals surface area contributed by atoms with Gasteiger partial charge >= 0.3 is 0 Å². The molecule has 21 heavy (non-hydrogen) atoms. The number of nitrogen functional groups attached to an aromatic ring is 1. The van der Waals surface area contributed by atoms with Crippen LogP contribution in [0.3, 0.4) is 0 Å². The number of benzene rings is 2. The highest BCUT2D eigenvalue weighted by Crippen LogP contribution is 2.34. The van der Waals surface area contributed by atoms with Crippen molar-refractivity contribution in [2.45, 2.75) is 23.1 Å². The lowest BCUT2D eigenvalue weighted by molar-refractivity contribution is 0.0824. The molecule has 3 nitrogen and oxygen atoms in total. The molecular formula is C17H20N2OS. The monoisotopic (exact) mass is 300 g/mol. The van der Waals surface area contributed by atoms with Crippen molar-refractivity contribution in [3.05, 3.63) is 53.6 Å². The summed E-state index contributed by atoms with van der Waals surface area (Å²) in [4.78, 5) is 15.7. The first-order valence-corrected chi connectivity index (χ1v) is 7.71. The summed E-state index contributed by atoms with van der Waals surface area (Å²) in [6.07, 6.45) is 0.963. The molecule has 0 fully saturated rings. The molecule has 2 aromatic rings. The molecule has 0 aliphatic rings. The lowest BCUT2D eigenvalue weighted by Gasteiger charge is -2.14. The van der Waals surface area contributed by atoms with Crippen molar-refractivity contribution in [3.8, 4) is 0 Å². The summed E-state index contributed by atoms with van der Waals surface area (Å²) in [5, 5.41) is 0. The van der Waals surface area contributed by atoms with Gasteiger partial charge in [-0.3, -0.25) is 4.79 Å². The Morgan fingerprint density at radius 3 is 2.48 bits per heavy atom. The van der Waals surface area contributed by atoms with Crippen molar-refractivity contribution in [3.63, 3.8) is 0 Å². The molecule has 2 aromatic carbocycles. The van der Waals surface area contributed by atoms with Crippen molar-refractivity contribution in [2.24, 2.45) is 0 Å². The topological polar surface area (TPSA) is 46.3 Å². The van der Waals surface area contributed by atoms with Crippen LogP contribution in [-0.4, -0.2) is 24.9 Å². The van der Waals surface area contributed by atoms with Gasteiger partial charge in [0.25, 0.3) is 5.91 Å².